The van der Waals surface area contributed by atoms with Crippen LogP contribution >= 0.6 is 0 Å². The molecule has 13 aromatic rings. The number of pyridine rings is 2. The molecule has 0 saturated carbocycles. The summed E-state index contributed by atoms with van der Waals surface area (Å²) in [5.74, 6) is 1.76. The molecule has 0 unspecified atom stereocenters. The van der Waals surface area contributed by atoms with Crippen molar-refractivity contribution >= 4 is 43.9 Å². The Morgan fingerprint density at radius 1 is 0.279 bits per heavy atom. The van der Waals surface area contributed by atoms with Crippen LogP contribution in [0, 0.1) is 0 Å². The highest BCUT2D eigenvalue weighted by molar-refractivity contribution is 6.03. The van der Waals surface area contributed by atoms with Crippen molar-refractivity contribution in [2.45, 2.75) is 0 Å². The van der Waals surface area contributed by atoms with E-state index in [1.807, 2.05) is 36.7 Å². The molecule has 0 aliphatic heterocycles. The Bertz CT molecular complexity index is 3760. The monoisotopic (exact) mass is 868 g/mol. The molecule has 68 heavy (non-hydrogen) atoms. The van der Waals surface area contributed by atoms with E-state index in [1.165, 1.54) is 11.1 Å². The first-order valence-electron chi connectivity index (χ1n) is 22.9. The first-order valence-corrected chi connectivity index (χ1v) is 22.9. The molecule has 0 bridgehead atoms. The molecule has 0 N–H and O–H groups in total. The number of aromatic nitrogens is 6. The fourth-order valence-corrected chi connectivity index (χ4v) is 9.86. The number of nitrogens with zero attached hydrogens (tertiary/aromatic N) is 6. The molecule has 0 radical (unpaired) electrons. The van der Waals surface area contributed by atoms with Gasteiger partial charge in [-0.2, -0.15) is 0 Å². The topological polar surface area (TPSA) is 61.4 Å². The molecule has 0 fully saturated rings. The third-order valence-corrected chi connectivity index (χ3v) is 13.1. The van der Waals surface area contributed by atoms with E-state index in [-0.39, 0.29) is 0 Å². The zero-order valence-electron chi connectivity index (χ0n) is 36.8. The van der Waals surface area contributed by atoms with Crippen molar-refractivity contribution in [2.75, 3.05) is 0 Å². The average Bonchev–Trinajstić information content (AvgIpc) is 4.01. The summed E-state index contributed by atoms with van der Waals surface area (Å²) in [5, 5.41) is 2.09. The van der Waals surface area contributed by atoms with Crippen molar-refractivity contribution in [1.82, 2.24) is 29.1 Å². The number of para-hydroxylation sites is 4. The molecular formula is C62H40N6. The van der Waals surface area contributed by atoms with Gasteiger partial charge in [0.2, 0.25) is 0 Å². The van der Waals surface area contributed by atoms with E-state index in [9.17, 15) is 0 Å². The second kappa shape index (κ2) is 16.3. The predicted molar refractivity (Wildman–Crippen MR) is 279 cm³/mol. The normalized spacial score (nSPS) is 11.5. The number of hydrogen-bond donors (Lipinski definition) is 0. The zero-order valence-corrected chi connectivity index (χ0v) is 36.8. The van der Waals surface area contributed by atoms with Crippen molar-refractivity contribution < 1.29 is 0 Å². The van der Waals surface area contributed by atoms with Crippen LogP contribution in [0.3, 0.4) is 0 Å². The first kappa shape index (κ1) is 39.1. The minimum absolute atomic E-state index is 0.882. The molecule has 6 nitrogen and oxygen atoms in total. The Hall–Kier alpha value is -9.26. The van der Waals surface area contributed by atoms with Gasteiger partial charge in [-0.25, -0.2) is 9.97 Å². The Morgan fingerprint density at radius 2 is 0.676 bits per heavy atom. The van der Waals surface area contributed by atoms with Gasteiger partial charge in [0.25, 0.3) is 0 Å². The van der Waals surface area contributed by atoms with Gasteiger partial charge in [-0.05, 0) is 106 Å². The summed E-state index contributed by atoms with van der Waals surface area (Å²) in [6, 6.07) is 81.1. The van der Waals surface area contributed by atoms with Gasteiger partial charge in [0, 0.05) is 45.4 Å². The Kier molecular flexibility index (Phi) is 9.39. The van der Waals surface area contributed by atoms with E-state index in [0.29, 0.717) is 0 Å². The van der Waals surface area contributed by atoms with Gasteiger partial charge in [-0.15, -0.1) is 0 Å². The third kappa shape index (κ3) is 6.66. The SMILES string of the molecule is c1ccc(-c2cccc(-c3nc4ccccc4n3-c3ccc(-c4ccc(-c5ccc(-n6c(-c7cccc(-c8ccccc8)c7)nc7ccccc76)c6cccnc56)cc4)c4ncccc34)c2)cc1. The van der Waals surface area contributed by atoms with E-state index in [0.717, 1.165) is 111 Å². The smallest absolute Gasteiger partial charge is 0.145 e. The quantitative estimate of drug-likeness (QED) is 0.153. The minimum Gasteiger partial charge on any atom is -0.292 e. The van der Waals surface area contributed by atoms with Gasteiger partial charge in [-0.1, -0.05) is 158 Å². The standard InChI is InChI=1S/C62H40N6/c1-3-15-41(16-4-1)45-19-11-21-47(39-45)61-65-53-25-7-9-27-57(53)67(61)55-35-33-49(59-51(55)23-13-37-63-59)43-29-31-44(32-30-43)50-34-36-56(52-24-14-38-64-60(50)52)68-58-28-10-8-26-54(58)66-62(68)48-22-12-20-46(40-48)42-17-5-2-6-18-42/h1-40H. The highest BCUT2D eigenvalue weighted by atomic mass is 15.1. The first-order chi connectivity index (χ1) is 33.7. The molecule has 318 valence electrons. The van der Waals surface area contributed by atoms with E-state index in [1.54, 1.807) is 0 Å². The van der Waals surface area contributed by atoms with Gasteiger partial charge in [-0.3, -0.25) is 19.1 Å². The largest absolute Gasteiger partial charge is 0.292 e. The van der Waals surface area contributed by atoms with Crippen molar-refractivity contribution in [1.29, 1.82) is 0 Å². The van der Waals surface area contributed by atoms with Crippen molar-refractivity contribution in [3.05, 3.63) is 243 Å². The second-order valence-corrected chi connectivity index (χ2v) is 17.1. The van der Waals surface area contributed by atoms with Crippen LogP contribution in [0.4, 0.5) is 0 Å². The number of rotatable bonds is 8. The maximum absolute atomic E-state index is 5.24. The molecule has 0 aliphatic carbocycles. The lowest BCUT2D eigenvalue weighted by atomic mass is 9.96. The Morgan fingerprint density at radius 3 is 1.13 bits per heavy atom. The molecule has 13 rings (SSSR count). The van der Waals surface area contributed by atoms with E-state index in [4.69, 9.17) is 19.9 Å². The summed E-state index contributed by atoms with van der Waals surface area (Å²) in [7, 11) is 0. The summed E-state index contributed by atoms with van der Waals surface area (Å²) in [4.78, 5) is 20.6. The van der Waals surface area contributed by atoms with Crippen LogP contribution in [0.15, 0.2) is 243 Å². The molecule has 0 spiro atoms. The highest BCUT2D eigenvalue weighted by Crippen LogP contribution is 2.40. The molecule has 4 aromatic heterocycles. The van der Waals surface area contributed by atoms with Gasteiger partial charge in [0.05, 0.1) is 44.5 Å². The van der Waals surface area contributed by atoms with Crippen LogP contribution in [0.25, 0.3) is 123 Å². The molecule has 0 amide bonds. The summed E-state index contributed by atoms with van der Waals surface area (Å²) in [6.07, 6.45) is 3.77. The fourth-order valence-electron chi connectivity index (χ4n) is 9.86. The van der Waals surface area contributed by atoms with Crippen LogP contribution < -0.4 is 0 Å². The maximum atomic E-state index is 5.24. The number of fused-ring (bicyclic) bond motifs is 4. The Balaban J connectivity index is 0.893. The van der Waals surface area contributed by atoms with Crippen LogP contribution in [0.5, 0.6) is 0 Å². The molecule has 6 heteroatoms. The fraction of sp³-hybridized carbons (Fsp3) is 0. The zero-order chi connectivity index (χ0) is 45.0. The van der Waals surface area contributed by atoms with Gasteiger partial charge < -0.3 is 0 Å². The van der Waals surface area contributed by atoms with Crippen LogP contribution in [-0.4, -0.2) is 29.1 Å². The van der Waals surface area contributed by atoms with Crippen molar-refractivity contribution in [3.8, 4) is 78.7 Å². The lowest BCUT2D eigenvalue weighted by Gasteiger charge is -2.16. The second-order valence-electron chi connectivity index (χ2n) is 17.1. The number of benzene rings is 9. The van der Waals surface area contributed by atoms with Gasteiger partial charge in [0.15, 0.2) is 0 Å². The van der Waals surface area contributed by atoms with Crippen LogP contribution in [0.1, 0.15) is 0 Å². The summed E-state index contributed by atoms with van der Waals surface area (Å²) in [5.41, 5.74) is 18.8. The van der Waals surface area contributed by atoms with E-state index < -0.39 is 0 Å². The molecule has 4 heterocycles. The summed E-state index contributed by atoms with van der Waals surface area (Å²) >= 11 is 0. The highest BCUT2D eigenvalue weighted by Gasteiger charge is 2.21. The third-order valence-electron chi connectivity index (χ3n) is 13.1. The van der Waals surface area contributed by atoms with Crippen molar-refractivity contribution in [3.63, 3.8) is 0 Å². The van der Waals surface area contributed by atoms with Crippen LogP contribution in [-0.2, 0) is 0 Å². The molecule has 0 saturated heterocycles. The van der Waals surface area contributed by atoms with E-state index >= 15 is 0 Å². The summed E-state index contributed by atoms with van der Waals surface area (Å²) in [6.45, 7) is 0. The average molecular weight is 869 g/mol. The van der Waals surface area contributed by atoms with Gasteiger partial charge >= 0.3 is 0 Å². The summed E-state index contributed by atoms with van der Waals surface area (Å²) < 4.78 is 4.57. The molecule has 9 aromatic carbocycles. The maximum Gasteiger partial charge on any atom is 0.145 e. The predicted octanol–water partition coefficient (Wildman–Crippen LogP) is 15.5. The van der Waals surface area contributed by atoms with E-state index in [2.05, 4.69) is 215 Å². The van der Waals surface area contributed by atoms with Gasteiger partial charge in [0.1, 0.15) is 11.6 Å². The van der Waals surface area contributed by atoms with Crippen molar-refractivity contribution in [2.24, 2.45) is 0 Å². The minimum atomic E-state index is 0.882. The lowest BCUT2D eigenvalue weighted by Crippen LogP contribution is -2.00. The Labute approximate surface area is 392 Å². The number of imidazole rings is 2. The lowest BCUT2D eigenvalue weighted by molar-refractivity contribution is 1.11. The molecule has 0 atom stereocenters. The number of hydrogen-bond acceptors (Lipinski definition) is 4. The molecule has 0 aliphatic rings. The van der Waals surface area contributed by atoms with Crippen LogP contribution in [0.2, 0.25) is 0 Å². The molecular weight excluding hydrogens is 829 g/mol.